The Morgan fingerprint density at radius 2 is 1.67 bits per heavy atom. The zero-order chi connectivity index (χ0) is 11.6. The van der Waals surface area contributed by atoms with Crippen LogP contribution in [0.25, 0.3) is 0 Å². The van der Waals surface area contributed by atoms with Crippen LogP contribution in [-0.4, -0.2) is 11.3 Å². The molecule has 0 radical (unpaired) electrons. The van der Waals surface area contributed by atoms with Gasteiger partial charge in [-0.2, -0.15) is 13.2 Å². The van der Waals surface area contributed by atoms with Crippen molar-refractivity contribution in [2.75, 3.05) is 5.75 Å². The molecule has 0 N–H and O–H groups in total. The van der Waals surface area contributed by atoms with E-state index in [0.717, 1.165) is 32.1 Å². The highest BCUT2D eigenvalue weighted by molar-refractivity contribution is 8.00. The van der Waals surface area contributed by atoms with E-state index in [2.05, 4.69) is 19.1 Å². The molecule has 0 nitrogen and oxygen atoms in total. The van der Waals surface area contributed by atoms with Gasteiger partial charge in [0.1, 0.15) is 0 Å². The molecule has 0 aromatic heterocycles. The van der Waals surface area contributed by atoms with Gasteiger partial charge in [-0.25, -0.2) is 0 Å². The van der Waals surface area contributed by atoms with Crippen molar-refractivity contribution in [3.8, 4) is 0 Å². The van der Waals surface area contributed by atoms with E-state index in [-0.39, 0.29) is 17.5 Å². The molecule has 90 valence electrons. The molecule has 0 spiro atoms. The summed E-state index contributed by atoms with van der Waals surface area (Å²) in [7, 11) is 0. The van der Waals surface area contributed by atoms with Crippen LogP contribution in [0.3, 0.4) is 0 Å². The summed E-state index contributed by atoms with van der Waals surface area (Å²) in [5.74, 6) is 0.197. The van der Waals surface area contributed by atoms with Gasteiger partial charge in [0.05, 0.1) is 0 Å². The Morgan fingerprint density at radius 3 is 2.27 bits per heavy atom. The van der Waals surface area contributed by atoms with Crippen molar-refractivity contribution >= 4 is 11.8 Å². The first-order chi connectivity index (χ1) is 7.06. The standard InChI is InChI=1S/C11H19F3S/c1-2-3-4-5-6-7-8-9-10-15-11(12,13)14/h4-5H,2-3,6-10H2,1H3. The molecule has 0 saturated heterocycles. The minimum absolute atomic E-state index is 0.0875. The van der Waals surface area contributed by atoms with Crippen molar-refractivity contribution in [2.45, 2.75) is 51.0 Å². The van der Waals surface area contributed by atoms with Crippen LogP contribution in [0.5, 0.6) is 0 Å². The Labute approximate surface area is 94.3 Å². The zero-order valence-electron chi connectivity index (χ0n) is 9.15. The number of hydrogen-bond acceptors (Lipinski definition) is 1. The molecular formula is C11H19F3S. The molecule has 0 aliphatic rings. The number of rotatable bonds is 8. The lowest BCUT2D eigenvalue weighted by molar-refractivity contribution is -0.0328. The quantitative estimate of drug-likeness (QED) is 0.417. The third-order valence-corrected chi connectivity index (χ3v) is 2.72. The molecule has 0 heterocycles. The second-order valence-corrected chi connectivity index (χ2v) is 4.56. The van der Waals surface area contributed by atoms with Crippen LogP contribution in [0, 0.1) is 0 Å². The first-order valence-electron chi connectivity index (χ1n) is 5.42. The molecule has 0 saturated carbocycles. The van der Waals surface area contributed by atoms with E-state index in [4.69, 9.17) is 0 Å². The first-order valence-corrected chi connectivity index (χ1v) is 6.40. The van der Waals surface area contributed by atoms with Gasteiger partial charge in [0.2, 0.25) is 0 Å². The van der Waals surface area contributed by atoms with Gasteiger partial charge in [-0.3, -0.25) is 0 Å². The lowest BCUT2D eigenvalue weighted by atomic mass is 10.2. The molecule has 0 unspecified atom stereocenters. The van der Waals surface area contributed by atoms with Crippen molar-refractivity contribution in [1.29, 1.82) is 0 Å². The average Bonchev–Trinajstić information content (AvgIpc) is 2.14. The summed E-state index contributed by atoms with van der Waals surface area (Å²) < 4.78 is 35.2. The van der Waals surface area contributed by atoms with Gasteiger partial charge in [0, 0.05) is 5.75 Å². The van der Waals surface area contributed by atoms with Crippen molar-refractivity contribution in [3.63, 3.8) is 0 Å². The second kappa shape index (κ2) is 9.13. The summed E-state index contributed by atoms with van der Waals surface area (Å²) in [6.07, 6.45) is 10.1. The van der Waals surface area contributed by atoms with E-state index in [9.17, 15) is 13.2 Å². The van der Waals surface area contributed by atoms with Crippen LogP contribution >= 0.6 is 11.8 Å². The lowest BCUT2D eigenvalue weighted by Crippen LogP contribution is -2.01. The molecule has 0 aromatic rings. The summed E-state index contributed by atoms with van der Waals surface area (Å²) in [6, 6.07) is 0. The predicted octanol–water partition coefficient (Wildman–Crippen LogP) is 5.16. The van der Waals surface area contributed by atoms with Crippen LogP contribution in [0.1, 0.15) is 45.4 Å². The third-order valence-electron chi connectivity index (χ3n) is 1.90. The minimum atomic E-state index is -4.05. The van der Waals surface area contributed by atoms with Crippen molar-refractivity contribution in [3.05, 3.63) is 12.2 Å². The number of thioether (sulfide) groups is 1. The molecule has 0 atom stereocenters. The number of halogens is 3. The topological polar surface area (TPSA) is 0 Å². The SMILES string of the molecule is CCCC=CCCCCCSC(F)(F)F. The zero-order valence-corrected chi connectivity index (χ0v) is 9.96. The van der Waals surface area contributed by atoms with E-state index in [0.29, 0.717) is 6.42 Å². The maximum absolute atomic E-state index is 11.7. The Kier molecular flexibility index (Phi) is 9.06. The molecule has 0 aliphatic carbocycles. The van der Waals surface area contributed by atoms with Crippen LogP contribution in [0.15, 0.2) is 12.2 Å². The highest BCUT2D eigenvalue weighted by atomic mass is 32.2. The molecule has 0 bridgehead atoms. The second-order valence-electron chi connectivity index (χ2n) is 3.40. The number of hydrogen-bond donors (Lipinski definition) is 0. The van der Waals surface area contributed by atoms with Gasteiger partial charge in [-0.05, 0) is 25.7 Å². The molecule has 15 heavy (non-hydrogen) atoms. The minimum Gasteiger partial charge on any atom is -0.160 e. The fourth-order valence-corrected chi connectivity index (χ4v) is 1.71. The largest absolute Gasteiger partial charge is 0.441 e. The smallest absolute Gasteiger partial charge is 0.160 e. The van der Waals surface area contributed by atoms with Crippen LogP contribution < -0.4 is 0 Å². The van der Waals surface area contributed by atoms with Crippen molar-refractivity contribution in [1.82, 2.24) is 0 Å². The molecular weight excluding hydrogens is 221 g/mol. The van der Waals surface area contributed by atoms with Crippen LogP contribution in [0.4, 0.5) is 13.2 Å². The van der Waals surface area contributed by atoms with E-state index < -0.39 is 5.51 Å². The maximum atomic E-state index is 11.7. The molecule has 0 fully saturated rings. The summed E-state index contributed by atoms with van der Waals surface area (Å²) in [5, 5.41) is 0. The molecule has 0 aliphatic heterocycles. The third kappa shape index (κ3) is 13.9. The summed E-state index contributed by atoms with van der Waals surface area (Å²) >= 11 is 0.0875. The van der Waals surface area contributed by atoms with Crippen LogP contribution in [-0.2, 0) is 0 Å². The summed E-state index contributed by atoms with van der Waals surface area (Å²) in [4.78, 5) is 0. The van der Waals surface area contributed by atoms with Gasteiger partial charge < -0.3 is 0 Å². The fourth-order valence-electron chi connectivity index (χ4n) is 1.13. The summed E-state index contributed by atoms with van der Waals surface area (Å²) in [6.45, 7) is 2.12. The number of alkyl halides is 3. The number of unbranched alkanes of at least 4 members (excludes halogenated alkanes) is 4. The van der Waals surface area contributed by atoms with Gasteiger partial charge in [-0.15, -0.1) is 0 Å². The Morgan fingerprint density at radius 1 is 1.00 bits per heavy atom. The molecule has 0 amide bonds. The highest BCUT2D eigenvalue weighted by Gasteiger charge is 2.27. The monoisotopic (exact) mass is 240 g/mol. The van der Waals surface area contributed by atoms with Gasteiger partial charge in [0.15, 0.2) is 0 Å². The Bertz CT molecular complexity index is 164. The maximum Gasteiger partial charge on any atom is 0.441 e. The highest BCUT2D eigenvalue weighted by Crippen LogP contribution is 2.30. The summed E-state index contributed by atoms with van der Waals surface area (Å²) in [5.41, 5.74) is -4.05. The van der Waals surface area contributed by atoms with E-state index in [1.165, 1.54) is 0 Å². The van der Waals surface area contributed by atoms with E-state index in [1.54, 1.807) is 0 Å². The average molecular weight is 240 g/mol. The Hall–Kier alpha value is -0.120. The number of allylic oxidation sites excluding steroid dienone is 2. The first kappa shape index (κ1) is 14.9. The van der Waals surface area contributed by atoms with Crippen molar-refractivity contribution < 1.29 is 13.2 Å². The van der Waals surface area contributed by atoms with Crippen molar-refractivity contribution in [2.24, 2.45) is 0 Å². The molecule has 0 rings (SSSR count). The normalized spacial score (nSPS) is 12.5. The Balaban J connectivity index is 3.12. The fraction of sp³-hybridized carbons (Fsp3) is 0.818. The van der Waals surface area contributed by atoms with E-state index in [1.807, 2.05) is 0 Å². The lowest BCUT2D eigenvalue weighted by Gasteiger charge is -2.04. The predicted molar refractivity (Wildman–Crippen MR) is 61.0 cm³/mol. The molecule has 4 heteroatoms. The van der Waals surface area contributed by atoms with Gasteiger partial charge >= 0.3 is 5.51 Å². The van der Waals surface area contributed by atoms with Crippen LogP contribution in [0.2, 0.25) is 0 Å². The van der Waals surface area contributed by atoms with Gasteiger partial charge in [0.25, 0.3) is 0 Å². The van der Waals surface area contributed by atoms with E-state index >= 15 is 0 Å². The van der Waals surface area contributed by atoms with Gasteiger partial charge in [-0.1, -0.05) is 43.7 Å². The molecule has 0 aromatic carbocycles.